The summed E-state index contributed by atoms with van der Waals surface area (Å²) >= 11 is 0. The Kier molecular flexibility index (Phi) is 5.45. The molecule has 1 heteroatoms. The monoisotopic (exact) mass is 620 g/mol. The fraction of sp³-hybridized carbons (Fsp3) is 0. The van der Waals surface area contributed by atoms with Crippen LogP contribution in [0, 0.1) is 0 Å². The van der Waals surface area contributed by atoms with Gasteiger partial charge in [0.2, 0.25) is 0 Å². The number of fused-ring (bicyclic) bond motifs is 6. The third-order valence-electron chi connectivity index (χ3n) is 10.6. The van der Waals surface area contributed by atoms with Crippen molar-refractivity contribution in [1.82, 2.24) is 0 Å². The summed E-state index contributed by atoms with van der Waals surface area (Å²) in [5.41, 5.74) is 9.08. The highest BCUT2D eigenvalue weighted by Gasteiger charge is 2.20. The lowest BCUT2D eigenvalue weighted by atomic mass is 9.86. The lowest BCUT2D eigenvalue weighted by molar-refractivity contribution is 0.674. The van der Waals surface area contributed by atoms with E-state index in [4.69, 9.17) is 4.42 Å². The Labute approximate surface area is 282 Å². The van der Waals surface area contributed by atoms with Gasteiger partial charge in [-0.05, 0) is 94.5 Å². The van der Waals surface area contributed by atoms with E-state index in [1.54, 1.807) is 0 Å². The summed E-state index contributed by atoms with van der Waals surface area (Å²) in [5, 5.41) is 14.8. The van der Waals surface area contributed by atoms with Gasteiger partial charge in [0.25, 0.3) is 0 Å². The molecule has 1 heterocycles. The molecule has 49 heavy (non-hydrogen) atoms. The molecule has 0 saturated carbocycles. The number of furan rings is 1. The average Bonchev–Trinajstić information content (AvgIpc) is 3.56. The van der Waals surface area contributed by atoms with E-state index in [9.17, 15) is 0 Å². The maximum absolute atomic E-state index is 6.93. The average molecular weight is 621 g/mol. The minimum Gasteiger partial charge on any atom is -0.455 e. The molecular weight excluding hydrogens is 593 g/mol. The molecule has 0 radical (unpaired) electrons. The second kappa shape index (κ2) is 10.0. The summed E-state index contributed by atoms with van der Waals surface area (Å²) in [6, 6.07) is 62.1. The first kappa shape index (κ1) is 26.6. The van der Waals surface area contributed by atoms with Crippen LogP contribution in [0.2, 0.25) is 0 Å². The molecule has 0 saturated heterocycles. The Morgan fingerprint density at radius 3 is 1.59 bits per heavy atom. The van der Waals surface area contributed by atoms with E-state index in [-0.39, 0.29) is 0 Å². The summed E-state index contributed by atoms with van der Waals surface area (Å²) in [7, 11) is 0. The van der Waals surface area contributed by atoms with Crippen LogP contribution in [0.4, 0.5) is 0 Å². The summed E-state index contributed by atoms with van der Waals surface area (Å²) in [6.07, 6.45) is 0. The van der Waals surface area contributed by atoms with Gasteiger partial charge in [0.15, 0.2) is 0 Å². The predicted molar refractivity (Wildman–Crippen MR) is 209 cm³/mol. The standard InChI is InChI=1S/C48H28O/c1-2-9-29(10-3-1)36-22-18-32-21-25-41-37(23-19-33-20-24-40(36)45(32)46(33)41)34-27-43(39-16-8-13-30-11-4-6-14-35(30)39)48-44(28-34)42-26-17-31-12-5-7-15-38(31)47(42)49-48/h1-28H. The van der Waals surface area contributed by atoms with Gasteiger partial charge in [-0.15, -0.1) is 0 Å². The van der Waals surface area contributed by atoms with Crippen LogP contribution in [0.15, 0.2) is 174 Å². The van der Waals surface area contributed by atoms with Crippen LogP contribution >= 0.6 is 0 Å². The van der Waals surface area contributed by atoms with Crippen molar-refractivity contribution in [3.8, 4) is 33.4 Å². The van der Waals surface area contributed by atoms with Crippen molar-refractivity contribution in [3.63, 3.8) is 0 Å². The van der Waals surface area contributed by atoms with E-state index < -0.39 is 0 Å². The molecule has 11 aromatic rings. The molecule has 0 spiro atoms. The smallest absolute Gasteiger partial charge is 0.143 e. The molecular formula is C48H28O. The van der Waals surface area contributed by atoms with Crippen molar-refractivity contribution in [2.75, 3.05) is 0 Å². The van der Waals surface area contributed by atoms with Crippen LogP contribution in [-0.2, 0) is 0 Å². The van der Waals surface area contributed by atoms with Crippen molar-refractivity contribution in [2.45, 2.75) is 0 Å². The van der Waals surface area contributed by atoms with Gasteiger partial charge in [-0.3, -0.25) is 0 Å². The number of hydrogen-bond acceptors (Lipinski definition) is 1. The van der Waals surface area contributed by atoms with Crippen molar-refractivity contribution in [2.24, 2.45) is 0 Å². The minimum atomic E-state index is 0.927. The SMILES string of the molecule is c1ccc(-c2ccc3ccc4c(-c5cc(-c6cccc7ccccc67)c6oc7c8ccccc8ccc7c6c5)ccc5ccc2c3c54)cc1. The molecule has 0 unspecified atom stereocenters. The van der Waals surface area contributed by atoms with E-state index in [0.29, 0.717) is 0 Å². The van der Waals surface area contributed by atoms with Gasteiger partial charge < -0.3 is 4.42 Å². The van der Waals surface area contributed by atoms with E-state index in [1.165, 1.54) is 76.3 Å². The molecule has 0 amide bonds. The first-order valence-electron chi connectivity index (χ1n) is 16.9. The zero-order valence-corrected chi connectivity index (χ0v) is 26.6. The largest absolute Gasteiger partial charge is 0.455 e. The Morgan fingerprint density at radius 1 is 0.265 bits per heavy atom. The third kappa shape index (κ3) is 3.82. The minimum absolute atomic E-state index is 0.927. The maximum Gasteiger partial charge on any atom is 0.143 e. The van der Waals surface area contributed by atoms with Gasteiger partial charge in [-0.2, -0.15) is 0 Å². The van der Waals surface area contributed by atoms with Crippen LogP contribution in [-0.4, -0.2) is 0 Å². The number of rotatable bonds is 3. The van der Waals surface area contributed by atoms with Crippen LogP contribution in [0.3, 0.4) is 0 Å². The van der Waals surface area contributed by atoms with Crippen LogP contribution < -0.4 is 0 Å². The third-order valence-corrected chi connectivity index (χ3v) is 10.6. The Balaban J connectivity index is 1.25. The first-order chi connectivity index (χ1) is 24.3. The summed E-state index contributed by atoms with van der Waals surface area (Å²) in [4.78, 5) is 0. The number of benzene rings is 10. The summed E-state index contributed by atoms with van der Waals surface area (Å²) in [6.45, 7) is 0. The highest BCUT2D eigenvalue weighted by molar-refractivity contribution is 6.28. The molecule has 1 aromatic heterocycles. The van der Waals surface area contributed by atoms with Gasteiger partial charge in [0.05, 0.1) is 0 Å². The summed E-state index contributed by atoms with van der Waals surface area (Å²) < 4.78 is 6.93. The quantitative estimate of drug-likeness (QED) is 0.179. The molecule has 0 aliphatic rings. The number of hydrogen-bond donors (Lipinski definition) is 0. The second-order valence-electron chi connectivity index (χ2n) is 13.2. The van der Waals surface area contributed by atoms with Crippen molar-refractivity contribution in [3.05, 3.63) is 170 Å². The topological polar surface area (TPSA) is 13.1 Å². The fourth-order valence-corrected chi connectivity index (χ4v) is 8.34. The molecule has 0 fully saturated rings. The Morgan fingerprint density at radius 2 is 0.837 bits per heavy atom. The van der Waals surface area contributed by atoms with E-state index in [1.807, 2.05) is 0 Å². The zero-order chi connectivity index (χ0) is 32.1. The zero-order valence-electron chi connectivity index (χ0n) is 26.6. The van der Waals surface area contributed by atoms with Gasteiger partial charge in [-0.1, -0.05) is 152 Å². The molecule has 0 aliphatic heterocycles. The molecule has 0 aliphatic carbocycles. The van der Waals surface area contributed by atoms with E-state index in [2.05, 4.69) is 170 Å². The van der Waals surface area contributed by atoms with Gasteiger partial charge in [0, 0.05) is 21.7 Å². The predicted octanol–water partition coefficient (Wildman–Crippen LogP) is 13.8. The normalized spacial score (nSPS) is 12.1. The van der Waals surface area contributed by atoms with E-state index >= 15 is 0 Å². The van der Waals surface area contributed by atoms with Crippen molar-refractivity contribution < 1.29 is 4.42 Å². The van der Waals surface area contributed by atoms with E-state index in [0.717, 1.165) is 32.9 Å². The molecule has 1 nitrogen and oxygen atoms in total. The van der Waals surface area contributed by atoms with Gasteiger partial charge >= 0.3 is 0 Å². The first-order valence-corrected chi connectivity index (χ1v) is 16.9. The van der Waals surface area contributed by atoms with Gasteiger partial charge in [-0.25, -0.2) is 0 Å². The maximum atomic E-state index is 6.93. The van der Waals surface area contributed by atoms with Crippen molar-refractivity contribution >= 4 is 75.8 Å². The Hall–Kier alpha value is -6.44. The summed E-state index contributed by atoms with van der Waals surface area (Å²) in [5.74, 6) is 0. The molecule has 11 rings (SSSR count). The van der Waals surface area contributed by atoms with Gasteiger partial charge in [0.1, 0.15) is 11.2 Å². The molecule has 0 bridgehead atoms. The van der Waals surface area contributed by atoms with Crippen LogP contribution in [0.5, 0.6) is 0 Å². The molecule has 226 valence electrons. The van der Waals surface area contributed by atoms with Crippen LogP contribution in [0.1, 0.15) is 0 Å². The van der Waals surface area contributed by atoms with Crippen LogP contribution in [0.25, 0.3) is 109 Å². The highest BCUT2D eigenvalue weighted by atomic mass is 16.3. The fourth-order valence-electron chi connectivity index (χ4n) is 8.34. The highest BCUT2D eigenvalue weighted by Crippen LogP contribution is 2.46. The van der Waals surface area contributed by atoms with Crippen molar-refractivity contribution in [1.29, 1.82) is 0 Å². The molecule has 0 N–H and O–H groups in total. The molecule has 10 aromatic carbocycles. The lowest BCUT2D eigenvalue weighted by Crippen LogP contribution is -1.90. The lowest BCUT2D eigenvalue weighted by Gasteiger charge is -2.17. The molecule has 0 atom stereocenters. The second-order valence-corrected chi connectivity index (χ2v) is 13.2. The Bertz CT molecular complexity index is 3090.